The normalized spacial score (nSPS) is 19.5. The van der Waals surface area contributed by atoms with Crippen LogP contribution in [0.15, 0.2) is 29.2 Å². The van der Waals surface area contributed by atoms with Crippen molar-refractivity contribution in [1.29, 1.82) is 0 Å². The molecular formula is C17H26N2O3S. The molecule has 0 bridgehead atoms. The Hall–Kier alpha value is -1.40. The van der Waals surface area contributed by atoms with Crippen molar-refractivity contribution in [2.24, 2.45) is 0 Å². The zero-order chi connectivity index (χ0) is 17.0. The molecule has 23 heavy (non-hydrogen) atoms. The van der Waals surface area contributed by atoms with Crippen molar-refractivity contribution in [3.63, 3.8) is 0 Å². The van der Waals surface area contributed by atoms with Gasteiger partial charge in [-0.25, -0.2) is 8.42 Å². The molecule has 128 valence electrons. The summed E-state index contributed by atoms with van der Waals surface area (Å²) in [5.41, 5.74) is 0.430. The first kappa shape index (κ1) is 17.9. The first-order valence-corrected chi connectivity index (χ1v) is 9.77. The molecule has 0 spiro atoms. The summed E-state index contributed by atoms with van der Waals surface area (Å²) in [6, 6.07) is 6.43. The van der Waals surface area contributed by atoms with Crippen molar-refractivity contribution < 1.29 is 13.2 Å². The molecule has 1 saturated heterocycles. The summed E-state index contributed by atoms with van der Waals surface area (Å²) in [5.74, 6) is -0.126. The molecule has 0 saturated carbocycles. The van der Waals surface area contributed by atoms with Gasteiger partial charge in [0.05, 0.1) is 4.90 Å². The van der Waals surface area contributed by atoms with E-state index in [1.54, 1.807) is 27.4 Å². The molecule has 0 N–H and O–H groups in total. The van der Waals surface area contributed by atoms with Gasteiger partial charge < -0.3 is 4.90 Å². The van der Waals surface area contributed by atoms with E-state index in [0.29, 0.717) is 25.2 Å². The van der Waals surface area contributed by atoms with Gasteiger partial charge in [-0.3, -0.25) is 4.79 Å². The third-order valence-electron chi connectivity index (χ3n) is 4.48. The number of sulfonamides is 1. The summed E-state index contributed by atoms with van der Waals surface area (Å²) >= 11 is 0. The molecule has 2 rings (SSSR count). The van der Waals surface area contributed by atoms with Gasteiger partial charge in [-0.1, -0.05) is 12.5 Å². The van der Waals surface area contributed by atoms with Crippen molar-refractivity contribution in [2.75, 3.05) is 19.6 Å². The number of nitrogens with zero attached hydrogens (tertiary/aromatic N) is 2. The molecule has 0 aromatic heterocycles. The fraction of sp³-hybridized carbons (Fsp3) is 0.588. The van der Waals surface area contributed by atoms with E-state index in [1.165, 1.54) is 6.07 Å². The van der Waals surface area contributed by atoms with Gasteiger partial charge in [0.1, 0.15) is 0 Å². The fourth-order valence-corrected chi connectivity index (χ4v) is 4.79. The second-order valence-electron chi connectivity index (χ2n) is 5.97. The Morgan fingerprint density at radius 3 is 2.57 bits per heavy atom. The monoisotopic (exact) mass is 338 g/mol. The molecule has 1 aromatic rings. The zero-order valence-corrected chi connectivity index (χ0v) is 15.0. The molecule has 1 aliphatic rings. The molecule has 1 aliphatic heterocycles. The van der Waals surface area contributed by atoms with Crippen LogP contribution in [0, 0.1) is 0 Å². The number of benzene rings is 1. The highest BCUT2D eigenvalue weighted by atomic mass is 32.2. The third kappa shape index (κ3) is 3.75. The van der Waals surface area contributed by atoms with E-state index in [1.807, 2.05) is 20.8 Å². The van der Waals surface area contributed by atoms with Gasteiger partial charge in [-0.05, 0) is 51.8 Å². The number of piperidine rings is 1. The largest absolute Gasteiger partial charge is 0.339 e. The van der Waals surface area contributed by atoms with E-state index in [2.05, 4.69) is 0 Å². The van der Waals surface area contributed by atoms with Crippen LogP contribution in [0.4, 0.5) is 0 Å². The Labute approximate surface area is 139 Å². The summed E-state index contributed by atoms with van der Waals surface area (Å²) in [6.45, 7) is 7.54. The van der Waals surface area contributed by atoms with E-state index in [0.717, 1.165) is 19.3 Å². The van der Waals surface area contributed by atoms with Crippen LogP contribution >= 0.6 is 0 Å². The van der Waals surface area contributed by atoms with Crippen molar-refractivity contribution >= 4 is 15.9 Å². The minimum atomic E-state index is -3.54. The Morgan fingerprint density at radius 1 is 1.26 bits per heavy atom. The molecule has 1 aromatic carbocycles. The number of amides is 1. The molecule has 1 amide bonds. The molecule has 1 fully saturated rings. The highest BCUT2D eigenvalue weighted by Crippen LogP contribution is 2.25. The third-order valence-corrected chi connectivity index (χ3v) is 6.49. The first-order valence-electron chi connectivity index (χ1n) is 8.33. The topological polar surface area (TPSA) is 57.7 Å². The minimum absolute atomic E-state index is 0.0101. The summed E-state index contributed by atoms with van der Waals surface area (Å²) in [4.78, 5) is 14.3. The summed E-state index contributed by atoms with van der Waals surface area (Å²) in [5, 5.41) is 0. The predicted molar refractivity (Wildman–Crippen MR) is 90.9 cm³/mol. The number of rotatable bonds is 5. The van der Waals surface area contributed by atoms with E-state index in [-0.39, 0.29) is 16.8 Å². The lowest BCUT2D eigenvalue weighted by atomic mass is 10.1. The van der Waals surface area contributed by atoms with E-state index in [4.69, 9.17) is 0 Å². The highest BCUT2D eigenvalue weighted by molar-refractivity contribution is 7.89. The zero-order valence-electron chi connectivity index (χ0n) is 14.2. The summed E-state index contributed by atoms with van der Waals surface area (Å²) < 4.78 is 27.3. The maximum Gasteiger partial charge on any atom is 0.253 e. The number of carbonyl (C=O) groups excluding carboxylic acids is 1. The standard InChI is InChI=1S/C17H26N2O3S/c1-4-18(5-2)17(20)15-10-8-11-16(13-15)23(21,22)19-12-7-6-9-14(19)3/h8,10-11,13-14H,4-7,9,12H2,1-3H3. The van der Waals surface area contributed by atoms with Crippen LogP contribution in [0.2, 0.25) is 0 Å². The number of carbonyl (C=O) groups is 1. The molecule has 0 radical (unpaired) electrons. The second-order valence-corrected chi connectivity index (χ2v) is 7.86. The second kappa shape index (κ2) is 7.45. The smallest absolute Gasteiger partial charge is 0.253 e. The lowest BCUT2D eigenvalue weighted by Crippen LogP contribution is -2.42. The van der Waals surface area contributed by atoms with Gasteiger partial charge in [0.15, 0.2) is 0 Å². The van der Waals surface area contributed by atoms with Crippen LogP contribution in [-0.4, -0.2) is 49.2 Å². The maximum atomic E-state index is 12.9. The lowest BCUT2D eigenvalue weighted by molar-refractivity contribution is 0.0772. The van der Waals surface area contributed by atoms with E-state index < -0.39 is 10.0 Å². The van der Waals surface area contributed by atoms with Crippen LogP contribution in [0.3, 0.4) is 0 Å². The number of hydrogen-bond donors (Lipinski definition) is 0. The van der Waals surface area contributed by atoms with Gasteiger partial charge in [0.25, 0.3) is 5.91 Å². The average molecular weight is 338 g/mol. The summed E-state index contributed by atoms with van der Waals surface area (Å²) in [7, 11) is -3.54. The van der Waals surface area contributed by atoms with Crippen LogP contribution in [0.1, 0.15) is 50.4 Å². The van der Waals surface area contributed by atoms with Gasteiger partial charge >= 0.3 is 0 Å². The van der Waals surface area contributed by atoms with E-state index >= 15 is 0 Å². The van der Waals surface area contributed by atoms with Crippen molar-refractivity contribution in [1.82, 2.24) is 9.21 Å². The van der Waals surface area contributed by atoms with Crippen molar-refractivity contribution in [3.05, 3.63) is 29.8 Å². The Morgan fingerprint density at radius 2 is 1.96 bits per heavy atom. The maximum absolute atomic E-state index is 12.9. The van der Waals surface area contributed by atoms with Gasteiger partial charge in [-0.15, -0.1) is 0 Å². The summed E-state index contributed by atoms with van der Waals surface area (Å²) in [6.07, 6.45) is 2.84. The minimum Gasteiger partial charge on any atom is -0.339 e. The van der Waals surface area contributed by atoms with Crippen LogP contribution < -0.4 is 0 Å². The van der Waals surface area contributed by atoms with Gasteiger partial charge in [0.2, 0.25) is 10.0 Å². The van der Waals surface area contributed by atoms with Crippen molar-refractivity contribution in [2.45, 2.75) is 51.0 Å². The van der Waals surface area contributed by atoms with Crippen molar-refractivity contribution in [3.8, 4) is 0 Å². The lowest BCUT2D eigenvalue weighted by Gasteiger charge is -2.32. The van der Waals surface area contributed by atoms with Crippen LogP contribution in [-0.2, 0) is 10.0 Å². The average Bonchev–Trinajstić information content (AvgIpc) is 2.56. The van der Waals surface area contributed by atoms with Crippen LogP contribution in [0.5, 0.6) is 0 Å². The Bertz CT molecular complexity index is 654. The number of hydrogen-bond acceptors (Lipinski definition) is 3. The quantitative estimate of drug-likeness (QED) is 0.829. The SMILES string of the molecule is CCN(CC)C(=O)c1cccc(S(=O)(=O)N2CCCCC2C)c1. The Balaban J connectivity index is 2.33. The molecule has 1 heterocycles. The molecule has 5 nitrogen and oxygen atoms in total. The van der Waals surface area contributed by atoms with Gasteiger partial charge in [0, 0.05) is 31.2 Å². The van der Waals surface area contributed by atoms with Crippen LogP contribution in [0.25, 0.3) is 0 Å². The van der Waals surface area contributed by atoms with Gasteiger partial charge in [-0.2, -0.15) is 4.31 Å². The van der Waals surface area contributed by atoms with E-state index in [9.17, 15) is 13.2 Å². The fourth-order valence-electron chi connectivity index (χ4n) is 3.05. The molecular weight excluding hydrogens is 312 g/mol. The molecule has 1 atom stereocenters. The predicted octanol–water partition coefficient (Wildman–Crippen LogP) is 2.73. The molecule has 1 unspecified atom stereocenters. The Kier molecular flexibility index (Phi) is 5.81. The molecule has 0 aliphatic carbocycles. The molecule has 6 heteroatoms. The first-order chi connectivity index (χ1) is 10.9. The highest BCUT2D eigenvalue weighted by Gasteiger charge is 2.31.